The van der Waals surface area contributed by atoms with Crippen LogP contribution in [0.15, 0.2) is 35.8 Å². The Bertz CT molecular complexity index is 878. The first-order valence-corrected chi connectivity index (χ1v) is 7.61. The summed E-state index contributed by atoms with van der Waals surface area (Å²) in [5.74, 6) is -1.16. The number of nitrogens with zero attached hydrogens (tertiary/aromatic N) is 3. The molecule has 3 rings (SSSR count). The van der Waals surface area contributed by atoms with E-state index < -0.39 is 18.5 Å². The Kier molecular flexibility index (Phi) is 4.24. The average molecular weight is 328 g/mol. The zero-order chi connectivity index (χ0) is 16.2. The van der Waals surface area contributed by atoms with Crippen molar-refractivity contribution in [2.75, 3.05) is 11.9 Å². The molecule has 2 heterocycles. The highest BCUT2D eigenvalue weighted by Crippen LogP contribution is 2.14. The third kappa shape index (κ3) is 3.67. The van der Waals surface area contributed by atoms with Crippen molar-refractivity contribution in [1.29, 1.82) is 0 Å². The molecule has 0 saturated carbocycles. The molecule has 116 valence electrons. The van der Waals surface area contributed by atoms with Crippen molar-refractivity contribution in [3.05, 3.63) is 47.2 Å². The molecule has 23 heavy (non-hydrogen) atoms. The number of nitrogens with one attached hydrogen (secondary N) is 1. The molecular formula is C15H12N4O3S. The molecule has 1 aromatic carbocycles. The summed E-state index contributed by atoms with van der Waals surface area (Å²) in [6, 6.07) is 7.17. The average Bonchev–Trinajstić information content (AvgIpc) is 2.97. The minimum Gasteiger partial charge on any atom is -0.451 e. The molecule has 0 unspecified atom stereocenters. The minimum absolute atomic E-state index is 0.0570. The Balaban J connectivity index is 1.60. The van der Waals surface area contributed by atoms with Crippen LogP contribution in [-0.2, 0) is 9.53 Å². The fourth-order valence-electron chi connectivity index (χ4n) is 1.83. The van der Waals surface area contributed by atoms with Gasteiger partial charge in [0.25, 0.3) is 5.91 Å². The third-order valence-electron chi connectivity index (χ3n) is 2.86. The Morgan fingerprint density at radius 2 is 2.00 bits per heavy atom. The molecule has 2 aromatic heterocycles. The van der Waals surface area contributed by atoms with Crippen LogP contribution < -0.4 is 5.32 Å². The molecule has 0 atom stereocenters. The van der Waals surface area contributed by atoms with Crippen LogP contribution in [-0.4, -0.2) is 33.4 Å². The van der Waals surface area contributed by atoms with Crippen LogP contribution in [0.2, 0.25) is 0 Å². The van der Waals surface area contributed by atoms with Crippen LogP contribution in [0.1, 0.15) is 16.2 Å². The molecule has 1 N–H and O–H groups in total. The number of hydrogen-bond acceptors (Lipinski definition) is 7. The first kappa shape index (κ1) is 15.0. The van der Waals surface area contributed by atoms with Gasteiger partial charge in [-0.3, -0.25) is 15.1 Å². The lowest BCUT2D eigenvalue weighted by Crippen LogP contribution is -2.21. The van der Waals surface area contributed by atoms with Gasteiger partial charge in [0, 0.05) is 5.38 Å². The first-order chi connectivity index (χ1) is 11.1. The number of esters is 1. The fraction of sp³-hybridized carbons (Fsp3) is 0.133. The summed E-state index contributed by atoms with van der Waals surface area (Å²) in [4.78, 5) is 36.0. The minimum atomic E-state index is -0.700. The van der Waals surface area contributed by atoms with Gasteiger partial charge in [-0.05, 0) is 19.1 Å². The van der Waals surface area contributed by atoms with E-state index in [9.17, 15) is 9.59 Å². The fourth-order valence-corrected chi connectivity index (χ4v) is 2.53. The molecule has 0 aliphatic heterocycles. The van der Waals surface area contributed by atoms with Crippen LogP contribution in [0.4, 0.5) is 5.13 Å². The lowest BCUT2D eigenvalue weighted by Gasteiger charge is -2.04. The van der Waals surface area contributed by atoms with Crippen molar-refractivity contribution >= 4 is 39.4 Å². The van der Waals surface area contributed by atoms with Gasteiger partial charge in [-0.15, -0.1) is 11.3 Å². The summed E-state index contributed by atoms with van der Waals surface area (Å²) in [6.07, 6.45) is 1.33. The van der Waals surface area contributed by atoms with Gasteiger partial charge in [-0.1, -0.05) is 12.1 Å². The van der Waals surface area contributed by atoms with E-state index in [-0.39, 0.29) is 5.69 Å². The molecule has 0 radical (unpaired) electrons. The number of anilines is 1. The molecule has 1 amide bonds. The third-order valence-corrected chi connectivity index (χ3v) is 3.73. The van der Waals surface area contributed by atoms with E-state index in [0.717, 1.165) is 5.69 Å². The summed E-state index contributed by atoms with van der Waals surface area (Å²) in [7, 11) is 0. The summed E-state index contributed by atoms with van der Waals surface area (Å²) in [5.41, 5.74) is 2.14. The van der Waals surface area contributed by atoms with Gasteiger partial charge < -0.3 is 4.74 Å². The molecule has 0 saturated heterocycles. The Hall–Kier alpha value is -2.87. The van der Waals surface area contributed by atoms with Gasteiger partial charge in [0.1, 0.15) is 0 Å². The lowest BCUT2D eigenvalue weighted by molar-refractivity contribution is -0.119. The van der Waals surface area contributed by atoms with E-state index in [0.29, 0.717) is 16.2 Å². The number of carbonyl (C=O) groups excluding carboxylic acids is 2. The van der Waals surface area contributed by atoms with Crippen molar-refractivity contribution in [1.82, 2.24) is 15.0 Å². The monoisotopic (exact) mass is 328 g/mol. The number of aryl methyl sites for hydroxylation is 1. The number of aromatic nitrogens is 3. The molecular weight excluding hydrogens is 316 g/mol. The Morgan fingerprint density at radius 3 is 2.74 bits per heavy atom. The molecule has 3 aromatic rings. The maximum atomic E-state index is 11.9. The van der Waals surface area contributed by atoms with E-state index in [1.165, 1.54) is 17.5 Å². The maximum absolute atomic E-state index is 11.9. The Morgan fingerprint density at radius 1 is 1.22 bits per heavy atom. The van der Waals surface area contributed by atoms with Crippen molar-refractivity contribution in [2.45, 2.75) is 6.92 Å². The van der Waals surface area contributed by atoms with Crippen LogP contribution in [0.5, 0.6) is 0 Å². The molecule has 8 heteroatoms. The number of hydrogen-bond donors (Lipinski definition) is 1. The molecule has 0 fully saturated rings. The number of thiazole rings is 1. The van der Waals surface area contributed by atoms with Crippen LogP contribution in [0.25, 0.3) is 11.0 Å². The van der Waals surface area contributed by atoms with E-state index in [4.69, 9.17) is 4.74 Å². The smallest absolute Gasteiger partial charge is 0.359 e. The van der Waals surface area contributed by atoms with E-state index in [1.807, 2.05) is 18.4 Å². The number of rotatable bonds is 4. The van der Waals surface area contributed by atoms with Gasteiger partial charge in [0.05, 0.1) is 22.9 Å². The molecule has 7 nitrogen and oxygen atoms in total. The topological polar surface area (TPSA) is 94.1 Å². The number of ether oxygens (including phenoxy) is 1. The molecule has 0 spiro atoms. The highest BCUT2D eigenvalue weighted by Gasteiger charge is 2.13. The van der Waals surface area contributed by atoms with E-state index >= 15 is 0 Å². The SMILES string of the molecule is Cc1csc(NC(=O)COC(=O)c2cnc3ccccc3n2)n1. The van der Waals surface area contributed by atoms with Gasteiger partial charge in [0.2, 0.25) is 0 Å². The predicted octanol–water partition coefficient (Wildman–Crippen LogP) is 2.19. The predicted molar refractivity (Wildman–Crippen MR) is 85.3 cm³/mol. The standard InChI is InChI=1S/C15H12N4O3S/c1-9-8-23-15(17-9)19-13(20)7-22-14(21)12-6-16-10-4-2-3-5-11(10)18-12/h2-6,8H,7H2,1H3,(H,17,19,20). The van der Waals surface area contributed by atoms with Crippen LogP contribution >= 0.6 is 11.3 Å². The molecule has 0 aliphatic carbocycles. The summed E-state index contributed by atoms with van der Waals surface area (Å²) >= 11 is 1.30. The second-order valence-electron chi connectivity index (χ2n) is 4.66. The van der Waals surface area contributed by atoms with Gasteiger partial charge in [-0.2, -0.15) is 0 Å². The van der Waals surface area contributed by atoms with Crippen molar-refractivity contribution in [2.24, 2.45) is 0 Å². The van der Waals surface area contributed by atoms with Crippen molar-refractivity contribution in [3.63, 3.8) is 0 Å². The van der Waals surface area contributed by atoms with Crippen molar-refractivity contribution < 1.29 is 14.3 Å². The highest BCUT2D eigenvalue weighted by molar-refractivity contribution is 7.13. The Labute approximate surface area is 135 Å². The molecule has 0 aliphatic rings. The number of carbonyl (C=O) groups is 2. The maximum Gasteiger partial charge on any atom is 0.359 e. The largest absolute Gasteiger partial charge is 0.451 e. The molecule has 0 bridgehead atoms. The zero-order valence-electron chi connectivity index (χ0n) is 12.1. The van der Waals surface area contributed by atoms with Gasteiger partial charge in [-0.25, -0.2) is 14.8 Å². The van der Waals surface area contributed by atoms with Crippen LogP contribution in [0, 0.1) is 6.92 Å². The number of fused-ring (bicyclic) bond motifs is 1. The van der Waals surface area contributed by atoms with E-state index in [2.05, 4.69) is 20.3 Å². The van der Waals surface area contributed by atoms with E-state index in [1.54, 1.807) is 18.2 Å². The van der Waals surface area contributed by atoms with Gasteiger partial charge >= 0.3 is 5.97 Å². The zero-order valence-corrected chi connectivity index (χ0v) is 13.0. The normalized spacial score (nSPS) is 10.5. The first-order valence-electron chi connectivity index (χ1n) is 6.73. The van der Waals surface area contributed by atoms with Crippen LogP contribution in [0.3, 0.4) is 0 Å². The number of benzene rings is 1. The number of para-hydroxylation sites is 2. The van der Waals surface area contributed by atoms with Crippen molar-refractivity contribution in [3.8, 4) is 0 Å². The summed E-state index contributed by atoms with van der Waals surface area (Å²) < 4.78 is 4.94. The highest BCUT2D eigenvalue weighted by atomic mass is 32.1. The summed E-state index contributed by atoms with van der Waals surface area (Å²) in [6.45, 7) is 1.41. The quantitative estimate of drug-likeness (QED) is 0.738. The summed E-state index contributed by atoms with van der Waals surface area (Å²) in [5, 5.41) is 4.83. The second kappa shape index (κ2) is 6.49. The van der Waals surface area contributed by atoms with Gasteiger partial charge in [0.15, 0.2) is 17.4 Å². The lowest BCUT2D eigenvalue weighted by atomic mass is 10.3. The second-order valence-corrected chi connectivity index (χ2v) is 5.52. The number of amides is 1.